The highest BCUT2D eigenvalue weighted by molar-refractivity contribution is 7.80. The highest BCUT2D eigenvalue weighted by atomic mass is 32.1. The Kier molecular flexibility index (Phi) is 3.82. The Morgan fingerprint density at radius 2 is 2.12 bits per heavy atom. The van der Waals surface area contributed by atoms with Gasteiger partial charge < -0.3 is 5.32 Å². The lowest BCUT2D eigenvalue weighted by atomic mass is 10.3. The first-order chi connectivity index (χ1) is 8.29. The van der Waals surface area contributed by atoms with Crippen LogP contribution in [0, 0.1) is 0 Å². The molecule has 5 heteroatoms. The molecule has 0 saturated heterocycles. The van der Waals surface area contributed by atoms with Crippen LogP contribution in [-0.4, -0.2) is 21.4 Å². The number of amides is 1. The van der Waals surface area contributed by atoms with E-state index in [4.69, 9.17) is 0 Å². The quantitative estimate of drug-likeness (QED) is 0.813. The van der Waals surface area contributed by atoms with Gasteiger partial charge in [0.15, 0.2) is 0 Å². The number of carbonyl (C=O) groups is 1. The standard InChI is InChI=1S/C12H13N3OS/c16-12(6-7-17)14-10-8-13-15(9-10)11-4-2-1-3-5-11/h1-5,8-9,17H,6-7H2,(H,14,16). The minimum absolute atomic E-state index is 0.0485. The lowest BCUT2D eigenvalue weighted by molar-refractivity contribution is -0.115. The summed E-state index contributed by atoms with van der Waals surface area (Å²) in [7, 11) is 0. The third kappa shape index (κ3) is 3.10. The van der Waals surface area contributed by atoms with E-state index in [1.165, 1.54) is 0 Å². The molecule has 0 radical (unpaired) electrons. The summed E-state index contributed by atoms with van der Waals surface area (Å²) in [5, 5.41) is 6.94. The average molecular weight is 247 g/mol. The highest BCUT2D eigenvalue weighted by Crippen LogP contribution is 2.11. The Morgan fingerprint density at radius 1 is 1.35 bits per heavy atom. The van der Waals surface area contributed by atoms with Gasteiger partial charge in [-0.2, -0.15) is 17.7 Å². The number of hydrogen-bond acceptors (Lipinski definition) is 3. The van der Waals surface area contributed by atoms with E-state index in [2.05, 4.69) is 23.0 Å². The number of nitrogens with one attached hydrogen (secondary N) is 1. The summed E-state index contributed by atoms with van der Waals surface area (Å²) >= 11 is 4.01. The van der Waals surface area contributed by atoms with E-state index in [0.29, 0.717) is 17.9 Å². The Labute approximate surface area is 105 Å². The molecule has 2 aromatic rings. The summed E-state index contributed by atoms with van der Waals surface area (Å²) < 4.78 is 1.72. The summed E-state index contributed by atoms with van der Waals surface area (Å²) in [6, 6.07) is 9.73. The number of thiol groups is 1. The minimum Gasteiger partial charge on any atom is -0.323 e. The Morgan fingerprint density at radius 3 is 2.82 bits per heavy atom. The number of para-hydroxylation sites is 1. The van der Waals surface area contributed by atoms with Crippen molar-refractivity contribution in [2.24, 2.45) is 0 Å². The molecule has 0 aliphatic rings. The van der Waals surface area contributed by atoms with Gasteiger partial charge in [0.05, 0.1) is 23.8 Å². The highest BCUT2D eigenvalue weighted by Gasteiger charge is 2.04. The molecule has 88 valence electrons. The number of hydrogen-bond donors (Lipinski definition) is 2. The van der Waals surface area contributed by atoms with Gasteiger partial charge in [-0.3, -0.25) is 4.79 Å². The maximum absolute atomic E-state index is 11.4. The maximum atomic E-state index is 11.4. The van der Waals surface area contributed by atoms with Gasteiger partial charge in [0.2, 0.25) is 5.91 Å². The van der Waals surface area contributed by atoms with E-state index in [-0.39, 0.29) is 5.91 Å². The molecule has 0 spiro atoms. The largest absolute Gasteiger partial charge is 0.323 e. The van der Waals surface area contributed by atoms with Crippen LogP contribution in [0.15, 0.2) is 42.7 Å². The van der Waals surface area contributed by atoms with Gasteiger partial charge in [-0.1, -0.05) is 18.2 Å². The topological polar surface area (TPSA) is 46.9 Å². The average Bonchev–Trinajstić information content (AvgIpc) is 2.79. The summed E-state index contributed by atoms with van der Waals surface area (Å²) in [6.45, 7) is 0. The fourth-order valence-electron chi connectivity index (χ4n) is 1.43. The van der Waals surface area contributed by atoms with E-state index in [1.54, 1.807) is 17.1 Å². The molecular weight excluding hydrogens is 234 g/mol. The summed E-state index contributed by atoms with van der Waals surface area (Å²) in [4.78, 5) is 11.4. The number of benzene rings is 1. The van der Waals surface area contributed by atoms with E-state index in [0.717, 1.165) is 5.69 Å². The molecule has 0 aliphatic carbocycles. The van der Waals surface area contributed by atoms with Crippen LogP contribution in [0.25, 0.3) is 5.69 Å². The fraction of sp³-hybridized carbons (Fsp3) is 0.167. The summed E-state index contributed by atoms with van der Waals surface area (Å²) in [6.07, 6.45) is 3.81. The van der Waals surface area contributed by atoms with Crippen LogP contribution in [0.5, 0.6) is 0 Å². The first-order valence-corrected chi connectivity index (χ1v) is 5.93. The molecule has 0 unspecified atom stereocenters. The van der Waals surface area contributed by atoms with Crippen molar-refractivity contribution in [2.75, 3.05) is 11.1 Å². The van der Waals surface area contributed by atoms with Crippen LogP contribution in [0.2, 0.25) is 0 Å². The monoisotopic (exact) mass is 247 g/mol. The number of aromatic nitrogens is 2. The molecule has 1 heterocycles. The molecule has 17 heavy (non-hydrogen) atoms. The lowest BCUT2D eigenvalue weighted by Crippen LogP contribution is -2.11. The van der Waals surface area contributed by atoms with Crippen molar-refractivity contribution < 1.29 is 4.79 Å². The van der Waals surface area contributed by atoms with Gasteiger partial charge in [-0.25, -0.2) is 4.68 Å². The fourth-order valence-corrected chi connectivity index (χ4v) is 1.64. The Bertz CT molecular complexity index is 495. The summed E-state index contributed by atoms with van der Waals surface area (Å²) in [5.74, 6) is 0.492. The predicted octanol–water partition coefficient (Wildman–Crippen LogP) is 2.13. The molecule has 2 rings (SSSR count). The molecule has 1 aromatic carbocycles. The second-order valence-corrected chi connectivity index (χ2v) is 3.98. The molecule has 0 aliphatic heterocycles. The first-order valence-electron chi connectivity index (χ1n) is 5.30. The third-order valence-corrected chi connectivity index (χ3v) is 2.45. The minimum atomic E-state index is -0.0485. The molecule has 0 bridgehead atoms. The molecular formula is C12H13N3OS. The number of carbonyl (C=O) groups excluding carboxylic acids is 1. The second kappa shape index (κ2) is 5.54. The zero-order chi connectivity index (χ0) is 12.1. The normalized spacial score (nSPS) is 10.2. The molecule has 1 aromatic heterocycles. The van der Waals surface area contributed by atoms with Crippen molar-refractivity contribution in [1.82, 2.24) is 9.78 Å². The smallest absolute Gasteiger partial charge is 0.225 e. The van der Waals surface area contributed by atoms with Gasteiger partial charge in [0, 0.05) is 6.42 Å². The van der Waals surface area contributed by atoms with Crippen LogP contribution >= 0.6 is 12.6 Å². The number of nitrogens with zero attached hydrogens (tertiary/aromatic N) is 2. The third-order valence-electron chi connectivity index (χ3n) is 2.23. The predicted molar refractivity (Wildman–Crippen MR) is 70.7 cm³/mol. The van der Waals surface area contributed by atoms with E-state index in [1.807, 2.05) is 30.3 Å². The van der Waals surface area contributed by atoms with E-state index in [9.17, 15) is 4.79 Å². The number of rotatable bonds is 4. The Hall–Kier alpha value is -1.75. The molecule has 0 atom stereocenters. The van der Waals surface area contributed by atoms with Gasteiger partial charge >= 0.3 is 0 Å². The van der Waals surface area contributed by atoms with E-state index >= 15 is 0 Å². The van der Waals surface area contributed by atoms with Crippen LogP contribution < -0.4 is 5.32 Å². The van der Waals surface area contributed by atoms with Crippen LogP contribution in [0.1, 0.15) is 6.42 Å². The molecule has 4 nitrogen and oxygen atoms in total. The van der Waals surface area contributed by atoms with Crippen LogP contribution in [0.3, 0.4) is 0 Å². The van der Waals surface area contributed by atoms with Crippen molar-refractivity contribution in [3.8, 4) is 5.69 Å². The maximum Gasteiger partial charge on any atom is 0.225 e. The molecule has 1 amide bonds. The second-order valence-electron chi connectivity index (χ2n) is 3.53. The van der Waals surface area contributed by atoms with Crippen molar-refractivity contribution >= 4 is 24.2 Å². The van der Waals surface area contributed by atoms with Gasteiger partial charge in [-0.15, -0.1) is 0 Å². The molecule has 0 saturated carbocycles. The van der Waals surface area contributed by atoms with Crippen molar-refractivity contribution in [3.63, 3.8) is 0 Å². The zero-order valence-electron chi connectivity index (χ0n) is 9.21. The van der Waals surface area contributed by atoms with Gasteiger partial charge in [-0.05, 0) is 17.9 Å². The SMILES string of the molecule is O=C(CCS)Nc1cnn(-c2ccccc2)c1. The van der Waals surface area contributed by atoms with Gasteiger partial charge in [0.25, 0.3) is 0 Å². The number of anilines is 1. The molecule has 0 fully saturated rings. The van der Waals surface area contributed by atoms with Gasteiger partial charge in [0.1, 0.15) is 0 Å². The van der Waals surface area contributed by atoms with Crippen molar-refractivity contribution in [3.05, 3.63) is 42.7 Å². The van der Waals surface area contributed by atoms with E-state index < -0.39 is 0 Å². The first kappa shape index (κ1) is 11.7. The molecule has 1 N–H and O–H groups in total. The Balaban J connectivity index is 2.09. The zero-order valence-corrected chi connectivity index (χ0v) is 10.1. The lowest BCUT2D eigenvalue weighted by Gasteiger charge is -2.00. The van der Waals surface area contributed by atoms with Crippen molar-refractivity contribution in [2.45, 2.75) is 6.42 Å². The van der Waals surface area contributed by atoms with Crippen molar-refractivity contribution in [1.29, 1.82) is 0 Å². The summed E-state index contributed by atoms with van der Waals surface area (Å²) in [5.41, 5.74) is 1.66. The van der Waals surface area contributed by atoms with Crippen LogP contribution in [-0.2, 0) is 4.79 Å². The van der Waals surface area contributed by atoms with Crippen LogP contribution in [0.4, 0.5) is 5.69 Å².